The summed E-state index contributed by atoms with van der Waals surface area (Å²) < 4.78 is 0.942. The monoisotopic (exact) mass is 382 g/mol. The summed E-state index contributed by atoms with van der Waals surface area (Å²) in [6.45, 7) is 6.10. The van der Waals surface area contributed by atoms with Gasteiger partial charge in [0.2, 0.25) is 0 Å². The Bertz CT molecular complexity index is 583. The molecule has 1 heterocycles. The van der Waals surface area contributed by atoms with E-state index in [0.717, 1.165) is 29.4 Å². The lowest BCUT2D eigenvalue weighted by molar-refractivity contribution is -0.139. The van der Waals surface area contributed by atoms with Crippen LogP contribution in [0.3, 0.4) is 0 Å². The zero-order valence-corrected chi connectivity index (χ0v) is 15.2. The van der Waals surface area contributed by atoms with Crippen LogP contribution in [0.15, 0.2) is 22.7 Å². The third-order valence-corrected chi connectivity index (χ3v) is 5.29. The Hall–Kier alpha value is -1.40. The van der Waals surface area contributed by atoms with Gasteiger partial charge in [-0.2, -0.15) is 0 Å². The lowest BCUT2D eigenvalue weighted by atomic mass is 10.0. The van der Waals surface area contributed by atoms with Crippen molar-refractivity contribution in [2.24, 2.45) is 0 Å². The topological polar surface area (TPSA) is 60.9 Å². The van der Waals surface area contributed by atoms with Crippen molar-refractivity contribution in [3.05, 3.63) is 33.8 Å². The summed E-state index contributed by atoms with van der Waals surface area (Å²) in [6, 6.07) is 5.91. The van der Waals surface area contributed by atoms with E-state index in [1.165, 1.54) is 0 Å². The number of halogens is 1. The van der Waals surface area contributed by atoms with E-state index in [2.05, 4.69) is 15.9 Å². The first-order chi connectivity index (χ1) is 10.9. The SMILES string of the molecule is CCN(CC(=O)O)C1CCN(C(=O)c2ccc(C)c(Br)c2)CC1. The zero-order valence-electron chi connectivity index (χ0n) is 13.6. The van der Waals surface area contributed by atoms with E-state index in [0.29, 0.717) is 18.7 Å². The lowest BCUT2D eigenvalue weighted by Crippen LogP contribution is -2.48. The Kier molecular flexibility index (Phi) is 6.18. The van der Waals surface area contributed by atoms with Crippen LogP contribution in [0.25, 0.3) is 0 Å². The average molecular weight is 383 g/mol. The predicted molar refractivity (Wildman–Crippen MR) is 92.7 cm³/mol. The highest BCUT2D eigenvalue weighted by Crippen LogP contribution is 2.21. The van der Waals surface area contributed by atoms with Crippen LogP contribution in [0.5, 0.6) is 0 Å². The van der Waals surface area contributed by atoms with Gasteiger partial charge in [-0.05, 0) is 44.0 Å². The summed E-state index contributed by atoms with van der Waals surface area (Å²) in [4.78, 5) is 27.3. The minimum Gasteiger partial charge on any atom is -0.480 e. The van der Waals surface area contributed by atoms with Crippen LogP contribution in [0.1, 0.15) is 35.7 Å². The summed E-state index contributed by atoms with van der Waals surface area (Å²) in [6.07, 6.45) is 1.64. The number of carbonyl (C=O) groups is 2. The number of benzene rings is 1. The molecule has 1 saturated heterocycles. The zero-order chi connectivity index (χ0) is 17.0. The standard InChI is InChI=1S/C17H23BrN2O3/c1-3-19(11-16(21)22)14-6-8-20(9-7-14)17(23)13-5-4-12(2)15(18)10-13/h4-5,10,14H,3,6-9,11H2,1-2H3,(H,21,22). The maximum Gasteiger partial charge on any atom is 0.317 e. The number of piperidine rings is 1. The molecule has 126 valence electrons. The normalized spacial score (nSPS) is 15.9. The van der Waals surface area contributed by atoms with E-state index >= 15 is 0 Å². The Labute approximate surface area is 145 Å². The number of carboxylic acids is 1. The predicted octanol–water partition coefficient (Wildman–Crippen LogP) is 2.77. The third kappa shape index (κ3) is 4.54. The molecule has 5 nitrogen and oxygen atoms in total. The average Bonchev–Trinajstić information content (AvgIpc) is 2.54. The van der Waals surface area contributed by atoms with E-state index in [1.54, 1.807) is 0 Å². The van der Waals surface area contributed by atoms with Crippen molar-refractivity contribution in [1.82, 2.24) is 9.80 Å². The van der Waals surface area contributed by atoms with Crippen molar-refractivity contribution in [1.29, 1.82) is 0 Å². The number of carboxylic acid groups (broad SMARTS) is 1. The molecule has 0 aromatic heterocycles. The molecule has 2 rings (SSSR count). The van der Waals surface area contributed by atoms with E-state index in [9.17, 15) is 9.59 Å². The molecule has 0 spiro atoms. The lowest BCUT2D eigenvalue weighted by Gasteiger charge is -2.37. The van der Waals surface area contributed by atoms with Gasteiger partial charge in [-0.3, -0.25) is 14.5 Å². The van der Waals surface area contributed by atoms with E-state index in [1.807, 2.05) is 41.8 Å². The second-order valence-corrected chi connectivity index (χ2v) is 6.80. The minimum absolute atomic E-state index is 0.0467. The molecule has 0 radical (unpaired) electrons. The molecule has 1 fully saturated rings. The summed E-state index contributed by atoms with van der Waals surface area (Å²) in [5, 5.41) is 8.97. The van der Waals surface area contributed by atoms with E-state index in [-0.39, 0.29) is 18.5 Å². The summed E-state index contributed by atoms with van der Waals surface area (Å²) in [7, 11) is 0. The van der Waals surface area contributed by atoms with Crippen LogP contribution in [0.4, 0.5) is 0 Å². The molecule has 0 aliphatic carbocycles. The second-order valence-electron chi connectivity index (χ2n) is 5.94. The number of aryl methyl sites for hydroxylation is 1. The highest BCUT2D eigenvalue weighted by molar-refractivity contribution is 9.10. The van der Waals surface area contributed by atoms with Crippen LogP contribution in [-0.2, 0) is 4.79 Å². The van der Waals surface area contributed by atoms with Gasteiger partial charge in [-0.15, -0.1) is 0 Å². The molecule has 1 N–H and O–H groups in total. The van der Waals surface area contributed by atoms with Crippen molar-refractivity contribution in [3.8, 4) is 0 Å². The third-order valence-electron chi connectivity index (χ3n) is 4.43. The van der Waals surface area contributed by atoms with Crippen LogP contribution < -0.4 is 0 Å². The number of rotatable bonds is 5. The number of carbonyl (C=O) groups excluding carboxylic acids is 1. The molecule has 0 atom stereocenters. The van der Waals surface area contributed by atoms with Gasteiger partial charge in [-0.25, -0.2) is 0 Å². The van der Waals surface area contributed by atoms with Crippen LogP contribution in [-0.4, -0.2) is 59.0 Å². The summed E-state index contributed by atoms with van der Waals surface area (Å²) >= 11 is 3.47. The number of hydrogen-bond acceptors (Lipinski definition) is 3. The van der Waals surface area contributed by atoms with Crippen LogP contribution in [0.2, 0.25) is 0 Å². The summed E-state index contributed by atoms with van der Waals surface area (Å²) in [5.74, 6) is -0.750. The summed E-state index contributed by atoms with van der Waals surface area (Å²) in [5.41, 5.74) is 1.80. The Balaban J connectivity index is 1.96. The minimum atomic E-state index is -0.796. The number of likely N-dealkylation sites (tertiary alicyclic amines) is 1. The quantitative estimate of drug-likeness (QED) is 0.850. The van der Waals surface area contributed by atoms with Gasteiger partial charge in [-0.1, -0.05) is 28.9 Å². The van der Waals surface area contributed by atoms with Gasteiger partial charge in [0.05, 0.1) is 6.54 Å². The molecule has 1 amide bonds. The van der Waals surface area contributed by atoms with Crippen LogP contribution in [0, 0.1) is 6.92 Å². The Morgan fingerprint density at radius 1 is 1.35 bits per heavy atom. The van der Waals surface area contributed by atoms with Crippen molar-refractivity contribution in [2.75, 3.05) is 26.2 Å². The molecular weight excluding hydrogens is 360 g/mol. The second kappa shape index (κ2) is 7.93. The fourth-order valence-electron chi connectivity index (χ4n) is 3.02. The van der Waals surface area contributed by atoms with Crippen molar-refractivity contribution in [2.45, 2.75) is 32.7 Å². The van der Waals surface area contributed by atoms with Crippen LogP contribution >= 0.6 is 15.9 Å². The maximum atomic E-state index is 12.6. The molecule has 23 heavy (non-hydrogen) atoms. The number of nitrogens with zero attached hydrogens (tertiary/aromatic N) is 2. The fraction of sp³-hybridized carbons (Fsp3) is 0.529. The van der Waals surface area contributed by atoms with Gasteiger partial charge in [0, 0.05) is 29.2 Å². The van der Waals surface area contributed by atoms with Crippen molar-refractivity contribution < 1.29 is 14.7 Å². The van der Waals surface area contributed by atoms with Gasteiger partial charge >= 0.3 is 5.97 Å². The Morgan fingerprint density at radius 2 is 2.00 bits per heavy atom. The number of likely N-dealkylation sites (N-methyl/N-ethyl adjacent to an activating group) is 1. The molecule has 1 aliphatic heterocycles. The molecular formula is C17H23BrN2O3. The molecule has 0 saturated carbocycles. The highest BCUT2D eigenvalue weighted by Gasteiger charge is 2.27. The van der Waals surface area contributed by atoms with E-state index < -0.39 is 5.97 Å². The smallest absolute Gasteiger partial charge is 0.317 e. The molecule has 1 aromatic carbocycles. The molecule has 1 aromatic rings. The van der Waals surface area contributed by atoms with Gasteiger partial charge < -0.3 is 10.0 Å². The molecule has 0 unspecified atom stereocenters. The van der Waals surface area contributed by atoms with Gasteiger partial charge in [0.15, 0.2) is 0 Å². The number of amides is 1. The highest BCUT2D eigenvalue weighted by atomic mass is 79.9. The molecule has 1 aliphatic rings. The molecule has 0 bridgehead atoms. The van der Waals surface area contributed by atoms with Gasteiger partial charge in [0.25, 0.3) is 5.91 Å². The van der Waals surface area contributed by atoms with E-state index in [4.69, 9.17) is 5.11 Å². The maximum absolute atomic E-state index is 12.6. The Morgan fingerprint density at radius 3 is 2.52 bits per heavy atom. The number of hydrogen-bond donors (Lipinski definition) is 1. The first kappa shape index (κ1) is 17.9. The fourth-order valence-corrected chi connectivity index (χ4v) is 3.39. The van der Waals surface area contributed by atoms with Crippen molar-refractivity contribution >= 4 is 27.8 Å². The number of aliphatic carboxylic acids is 1. The largest absolute Gasteiger partial charge is 0.480 e. The first-order valence-electron chi connectivity index (χ1n) is 7.93. The van der Waals surface area contributed by atoms with Gasteiger partial charge in [0.1, 0.15) is 0 Å². The van der Waals surface area contributed by atoms with Crippen molar-refractivity contribution in [3.63, 3.8) is 0 Å². The first-order valence-corrected chi connectivity index (χ1v) is 8.73. The molecule has 6 heteroatoms.